The van der Waals surface area contributed by atoms with Crippen LogP contribution in [0.5, 0.6) is 5.75 Å². The Morgan fingerprint density at radius 3 is 2.19 bits per heavy atom. The van der Waals surface area contributed by atoms with Crippen molar-refractivity contribution in [2.24, 2.45) is 0 Å². The van der Waals surface area contributed by atoms with Gasteiger partial charge in [0.25, 0.3) is 5.91 Å². The van der Waals surface area contributed by atoms with Crippen LogP contribution in [-0.2, 0) is 14.3 Å². The summed E-state index contributed by atoms with van der Waals surface area (Å²) in [6.45, 7) is -1.33. The van der Waals surface area contributed by atoms with Gasteiger partial charge in [0, 0.05) is 17.2 Å². The zero-order valence-corrected chi connectivity index (χ0v) is 19.2. The molecule has 1 aromatic heterocycles. The molecule has 0 atom stereocenters. The van der Waals surface area contributed by atoms with E-state index in [1.54, 1.807) is 0 Å². The van der Waals surface area contributed by atoms with Crippen LogP contribution in [0.15, 0.2) is 89.3 Å². The van der Waals surface area contributed by atoms with E-state index in [9.17, 15) is 25.0 Å². The van der Waals surface area contributed by atoms with E-state index in [1.165, 1.54) is 24.3 Å². The van der Waals surface area contributed by atoms with E-state index in [2.05, 4.69) is 11.4 Å². The van der Waals surface area contributed by atoms with Crippen molar-refractivity contribution in [2.75, 3.05) is 18.5 Å². The van der Waals surface area contributed by atoms with Gasteiger partial charge in [-0.1, -0.05) is 72.8 Å². The first-order chi connectivity index (χ1) is 18.0. The maximum Gasteiger partial charge on any atom is 0.344 e. The molecule has 184 valence electrons. The molecule has 1 N–H and O–H groups in total. The Kier molecular flexibility index (Phi) is 7.56. The highest BCUT2D eigenvalue weighted by Crippen LogP contribution is 2.41. The van der Waals surface area contributed by atoms with E-state index in [4.69, 9.17) is 13.9 Å². The monoisotopic (exact) mass is 497 g/mol. The fraction of sp³-hybridized carbons (Fsp3) is 0.0741. The second kappa shape index (κ2) is 11.3. The second-order valence-corrected chi connectivity index (χ2v) is 7.58. The van der Waals surface area contributed by atoms with E-state index < -0.39 is 30.0 Å². The Hall–Kier alpha value is -5.43. The number of carbonyl (C=O) groups excluding carboxylic acids is 2. The van der Waals surface area contributed by atoms with Crippen molar-refractivity contribution in [3.63, 3.8) is 0 Å². The van der Waals surface area contributed by atoms with Crippen LogP contribution in [0, 0.1) is 21.4 Å². The van der Waals surface area contributed by atoms with Gasteiger partial charge in [0.05, 0.1) is 4.92 Å². The average Bonchev–Trinajstić information content (AvgIpc) is 3.29. The van der Waals surface area contributed by atoms with E-state index in [0.717, 1.165) is 5.56 Å². The number of anilines is 1. The summed E-state index contributed by atoms with van der Waals surface area (Å²) in [6, 6.07) is 25.9. The first-order valence-electron chi connectivity index (χ1n) is 11.0. The third kappa shape index (κ3) is 5.80. The minimum absolute atomic E-state index is 0.0857. The SMILES string of the molecule is N#Cc1c(NC(=O)COC(=O)COc2ccccc2[N+](=O)[O-])oc(-c2ccccc2)c1-c1ccccc1. The van der Waals surface area contributed by atoms with Crippen molar-refractivity contribution in [3.05, 3.63) is 101 Å². The van der Waals surface area contributed by atoms with Crippen LogP contribution in [0.4, 0.5) is 11.6 Å². The van der Waals surface area contributed by atoms with Crippen LogP contribution in [0.2, 0.25) is 0 Å². The number of rotatable bonds is 9. The summed E-state index contributed by atoms with van der Waals surface area (Å²) < 4.78 is 16.0. The number of hydrogen-bond acceptors (Lipinski definition) is 8. The molecule has 0 unspecified atom stereocenters. The van der Waals surface area contributed by atoms with Crippen LogP contribution in [0.3, 0.4) is 0 Å². The molecule has 0 saturated carbocycles. The topological polar surface area (TPSA) is 145 Å². The molecule has 10 heteroatoms. The molecule has 0 fully saturated rings. The lowest BCUT2D eigenvalue weighted by Crippen LogP contribution is -2.23. The Morgan fingerprint density at radius 1 is 0.919 bits per heavy atom. The first-order valence-corrected chi connectivity index (χ1v) is 11.0. The van der Waals surface area contributed by atoms with Crippen LogP contribution >= 0.6 is 0 Å². The molecule has 4 rings (SSSR count). The van der Waals surface area contributed by atoms with Crippen molar-refractivity contribution < 1.29 is 28.4 Å². The van der Waals surface area contributed by atoms with Crippen LogP contribution in [0.25, 0.3) is 22.5 Å². The first kappa shape index (κ1) is 24.7. The third-order valence-electron chi connectivity index (χ3n) is 5.14. The highest BCUT2D eigenvalue weighted by atomic mass is 16.6. The number of furan rings is 1. The molecule has 1 amide bonds. The maximum atomic E-state index is 12.5. The summed E-state index contributed by atoms with van der Waals surface area (Å²) in [7, 11) is 0. The van der Waals surface area contributed by atoms with Gasteiger partial charge in [-0.3, -0.25) is 20.2 Å². The molecular weight excluding hydrogens is 478 g/mol. The van der Waals surface area contributed by atoms with Crippen LogP contribution in [-0.4, -0.2) is 30.0 Å². The summed E-state index contributed by atoms with van der Waals surface area (Å²) in [5.41, 5.74) is 1.75. The third-order valence-corrected chi connectivity index (χ3v) is 5.14. The Balaban J connectivity index is 1.47. The molecule has 0 saturated heterocycles. The minimum atomic E-state index is -0.914. The molecule has 3 aromatic carbocycles. The van der Waals surface area contributed by atoms with E-state index in [-0.39, 0.29) is 22.9 Å². The van der Waals surface area contributed by atoms with Gasteiger partial charge >= 0.3 is 11.7 Å². The van der Waals surface area contributed by atoms with Crippen molar-refractivity contribution in [1.29, 1.82) is 5.26 Å². The van der Waals surface area contributed by atoms with Gasteiger partial charge in [-0.05, 0) is 11.6 Å². The predicted octanol–water partition coefficient (Wildman–Crippen LogP) is 4.95. The molecule has 0 aliphatic rings. The summed E-state index contributed by atoms with van der Waals surface area (Å²) in [5.74, 6) is -1.46. The molecule has 1 heterocycles. The van der Waals surface area contributed by atoms with Crippen LogP contribution < -0.4 is 10.1 Å². The number of esters is 1. The number of nitriles is 1. The number of ether oxygens (including phenoxy) is 2. The summed E-state index contributed by atoms with van der Waals surface area (Å²) >= 11 is 0. The van der Waals surface area contributed by atoms with Gasteiger partial charge in [-0.2, -0.15) is 5.26 Å². The van der Waals surface area contributed by atoms with Gasteiger partial charge in [0.1, 0.15) is 17.4 Å². The Labute approximate surface area is 210 Å². The standard InChI is InChI=1S/C27H19N3O7/c28-15-20-25(18-9-3-1-4-10-18)26(19-11-5-2-6-12-19)37-27(20)29-23(31)16-36-24(32)17-35-22-14-8-7-13-21(22)30(33)34/h1-14H,16-17H2,(H,29,31). The molecule has 10 nitrogen and oxygen atoms in total. The lowest BCUT2D eigenvalue weighted by molar-refractivity contribution is -0.385. The number of carbonyl (C=O) groups is 2. The summed E-state index contributed by atoms with van der Waals surface area (Å²) in [5, 5.41) is 23.4. The fourth-order valence-electron chi connectivity index (χ4n) is 3.52. The molecule has 4 aromatic rings. The summed E-state index contributed by atoms with van der Waals surface area (Å²) in [4.78, 5) is 34.9. The lowest BCUT2D eigenvalue weighted by atomic mass is 9.98. The molecule has 0 aliphatic heterocycles. The number of nitrogens with zero attached hydrogens (tertiary/aromatic N) is 2. The smallest absolute Gasteiger partial charge is 0.344 e. The van der Waals surface area contributed by atoms with Crippen molar-refractivity contribution in [3.8, 4) is 34.3 Å². The molecule has 37 heavy (non-hydrogen) atoms. The Bertz CT molecular complexity index is 1480. The predicted molar refractivity (Wildman–Crippen MR) is 132 cm³/mol. The molecule has 0 radical (unpaired) electrons. The van der Waals surface area contributed by atoms with E-state index in [0.29, 0.717) is 16.9 Å². The normalized spacial score (nSPS) is 10.2. The molecule has 0 spiro atoms. The molecule has 0 aliphatic carbocycles. The van der Waals surface area contributed by atoms with Gasteiger partial charge in [0.2, 0.25) is 5.88 Å². The lowest BCUT2D eigenvalue weighted by Gasteiger charge is -2.07. The Morgan fingerprint density at radius 2 is 1.54 bits per heavy atom. The van der Waals surface area contributed by atoms with Crippen molar-refractivity contribution in [1.82, 2.24) is 0 Å². The van der Waals surface area contributed by atoms with E-state index >= 15 is 0 Å². The number of amides is 1. The highest BCUT2D eigenvalue weighted by molar-refractivity contribution is 5.96. The highest BCUT2D eigenvalue weighted by Gasteiger charge is 2.24. The largest absolute Gasteiger partial charge is 0.475 e. The maximum absolute atomic E-state index is 12.5. The second-order valence-electron chi connectivity index (χ2n) is 7.58. The number of para-hydroxylation sites is 2. The number of hydrogen-bond donors (Lipinski definition) is 1. The quantitative estimate of drug-likeness (QED) is 0.194. The van der Waals surface area contributed by atoms with Crippen molar-refractivity contribution in [2.45, 2.75) is 0 Å². The summed E-state index contributed by atoms with van der Waals surface area (Å²) in [6.07, 6.45) is 0. The average molecular weight is 497 g/mol. The van der Waals surface area contributed by atoms with Gasteiger partial charge < -0.3 is 13.9 Å². The fourth-order valence-corrected chi connectivity index (χ4v) is 3.52. The van der Waals surface area contributed by atoms with Gasteiger partial charge in [-0.25, -0.2) is 4.79 Å². The zero-order valence-electron chi connectivity index (χ0n) is 19.2. The van der Waals surface area contributed by atoms with Crippen LogP contribution in [0.1, 0.15) is 5.56 Å². The van der Waals surface area contributed by atoms with Gasteiger partial charge in [-0.15, -0.1) is 0 Å². The minimum Gasteiger partial charge on any atom is -0.475 e. The molecule has 0 bridgehead atoms. The van der Waals surface area contributed by atoms with Gasteiger partial charge in [0.15, 0.2) is 19.0 Å². The molecular formula is C27H19N3O7. The number of nitro benzene ring substituents is 1. The van der Waals surface area contributed by atoms with E-state index in [1.807, 2.05) is 60.7 Å². The number of nitrogens with one attached hydrogen (secondary N) is 1. The number of benzene rings is 3. The van der Waals surface area contributed by atoms with Crippen molar-refractivity contribution >= 4 is 23.4 Å². The zero-order chi connectivity index (χ0) is 26.2. The number of nitro groups is 1.